The fourth-order valence-electron chi connectivity index (χ4n) is 1.93. The van der Waals surface area contributed by atoms with Gasteiger partial charge in [0, 0.05) is 5.50 Å². The van der Waals surface area contributed by atoms with Crippen molar-refractivity contribution in [2.45, 2.75) is 6.55 Å². The third-order valence-corrected chi connectivity index (χ3v) is 8.44. The summed E-state index contributed by atoms with van der Waals surface area (Å²) in [5.74, 6) is 0. The SMILES string of the molecule is C[Si](CCl)(c1ccccc1)c1ccccc1.[H-].[H-].[Mg+2]. The Kier molecular flexibility index (Phi) is 5.73. The Morgan fingerprint density at radius 2 is 1.24 bits per heavy atom. The molecule has 17 heavy (non-hydrogen) atoms. The van der Waals surface area contributed by atoms with E-state index in [0.29, 0.717) is 0 Å². The van der Waals surface area contributed by atoms with Crippen LogP contribution in [0.2, 0.25) is 6.55 Å². The molecule has 0 aliphatic heterocycles. The normalized spacial score (nSPS) is 10.7. The molecule has 0 unspecified atom stereocenters. The second-order valence-electron chi connectivity index (χ2n) is 4.20. The average Bonchev–Trinajstić information content (AvgIpc) is 2.40. The van der Waals surface area contributed by atoms with Crippen LogP contribution in [0.3, 0.4) is 0 Å². The Morgan fingerprint density at radius 1 is 0.882 bits per heavy atom. The van der Waals surface area contributed by atoms with Crippen molar-refractivity contribution in [3.63, 3.8) is 0 Å². The summed E-state index contributed by atoms with van der Waals surface area (Å²) in [4.78, 5) is 0. The standard InChI is InChI=1S/C14H15ClSi.Mg.2H/c1-16(12-15,13-8-4-2-5-9-13)14-10-6-3-7-11-14;;;/h2-11H,12H2,1H3;;;/q;+2;2*-1. The third kappa shape index (κ3) is 3.13. The van der Waals surface area contributed by atoms with E-state index < -0.39 is 8.07 Å². The number of benzene rings is 2. The van der Waals surface area contributed by atoms with Crippen LogP contribution in [-0.2, 0) is 0 Å². The van der Waals surface area contributed by atoms with Gasteiger partial charge in [0.1, 0.15) is 8.07 Å². The largest absolute Gasteiger partial charge is 2.00 e. The molecule has 0 aromatic heterocycles. The molecule has 0 fully saturated rings. The van der Waals surface area contributed by atoms with Gasteiger partial charge in [-0.15, -0.1) is 11.6 Å². The Labute approximate surface area is 128 Å². The van der Waals surface area contributed by atoms with E-state index in [1.807, 2.05) is 0 Å². The van der Waals surface area contributed by atoms with Crippen molar-refractivity contribution in [3.8, 4) is 0 Å². The first-order valence-corrected chi connectivity index (χ1v) is 8.68. The van der Waals surface area contributed by atoms with E-state index in [2.05, 4.69) is 67.2 Å². The summed E-state index contributed by atoms with van der Waals surface area (Å²) in [5, 5.41) is 2.80. The molecule has 2 aromatic rings. The molecule has 0 saturated heterocycles. The van der Waals surface area contributed by atoms with Gasteiger partial charge in [-0.25, -0.2) is 0 Å². The number of alkyl halides is 1. The molecule has 2 rings (SSSR count). The van der Waals surface area contributed by atoms with Crippen molar-refractivity contribution in [3.05, 3.63) is 60.7 Å². The smallest absolute Gasteiger partial charge is 1.00 e. The van der Waals surface area contributed by atoms with Crippen LogP contribution in [0.4, 0.5) is 0 Å². The molecule has 3 heteroatoms. The van der Waals surface area contributed by atoms with Gasteiger partial charge in [-0.05, 0) is 0 Å². The van der Waals surface area contributed by atoms with Crippen LogP contribution in [0, 0.1) is 0 Å². The number of hydrogen-bond acceptors (Lipinski definition) is 0. The molecule has 0 aliphatic rings. The van der Waals surface area contributed by atoms with Gasteiger partial charge in [-0.3, -0.25) is 0 Å². The van der Waals surface area contributed by atoms with Crippen LogP contribution >= 0.6 is 11.6 Å². The van der Waals surface area contributed by atoms with Crippen LogP contribution in [0.15, 0.2) is 60.7 Å². The summed E-state index contributed by atoms with van der Waals surface area (Å²) in [6.07, 6.45) is 0. The molecule has 0 aliphatic carbocycles. The predicted octanol–water partition coefficient (Wildman–Crippen LogP) is 2.50. The number of rotatable bonds is 3. The molecule has 0 saturated carbocycles. The van der Waals surface area contributed by atoms with E-state index in [4.69, 9.17) is 11.6 Å². The van der Waals surface area contributed by atoms with E-state index in [9.17, 15) is 0 Å². The zero-order chi connectivity index (χ0) is 11.4. The van der Waals surface area contributed by atoms with Gasteiger partial charge in [0.2, 0.25) is 0 Å². The first-order chi connectivity index (χ1) is 7.77. The molecule has 0 nitrogen and oxygen atoms in total. The topological polar surface area (TPSA) is 0 Å². The van der Waals surface area contributed by atoms with E-state index in [-0.39, 0.29) is 25.9 Å². The maximum absolute atomic E-state index is 6.24. The molecular weight excluding hydrogens is 256 g/mol. The van der Waals surface area contributed by atoms with Crippen molar-refractivity contribution < 1.29 is 2.85 Å². The molecule has 0 N–H and O–H groups in total. The minimum atomic E-state index is -1.71. The van der Waals surface area contributed by atoms with Crippen molar-refractivity contribution >= 4 is 53.1 Å². The maximum atomic E-state index is 6.24. The molecule has 0 radical (unpaired) electrons. The van der Waals surface area contributed by atoms with E-state index >= 15 is 0 Å². The second kappa shape index (κ2) is 6.59. The average molecular weight is 273 g/mol. The molecule has 0 atom stereocenters. The zero-order valence-electron chi connectivity index (χ0n) is 12.1. The third-order valence-electron chi connectivity index (χ3n) is 3.09. The van der Waals surface area contributed by atoms with Crippen LogP contribution in [-0.4, -0.2) is 36.6 Å². The summed E-state index contributed by atoms with van der Waals surface area (Å²) in [6.45, 7) is 2.32. The monoisotopic (exact) mass is 272 g/mol. The van der Waals surface area contributed by atoms with Gasteiger partial charge < -0.3 is 2.85 Å². The number of halogens is 1. The van der Waals surface area contributed by atoms with E-state index in [0.717, 1.165) is 5.50 Å². The number of hydrogen-bond donors (Lipinski definition) is 0. The van der Waals surface area contributed by atoms with Gasteiger partial charge in [0.05, 0.1) is 0 Å². The van der Waals surface area contributed by atoms with Crippen molar-refractivity contribution in [2.75, 3.05) is 5.50 Å². The minimum absolute atomic E-state index is 0. The fraction of sp³-hybridized carbons (Fsp3) is 0.143. The Bertz CT molecular complexity index is 414. The first-order valence-electron chi connectivity index (χ1n) is 5.44. The quantitative estimate of drug-likeness (QED) is 0.595. The van der Waals surface area contributed by atoms with E-state index in [1.54, 1.807) is 0 Å². The maximum Gasteiger partial charge on any atom is 2.00 e. The molecular formula is C14H17ClMgSi. The zero-order valence-corrected chi connectivity index (χ0v) is 13.2. The van der Waals surface area contributed by atoms with Crippen molar-refractivity contribution in [2.24, 2.45) is 0 Å². The van der Waals surface area contributed by atoms with E-state index in [1.165, 1.54) is 10.4 Å². The van der Waals surface area contributed by atoms with Crippen LogP contribution in [0.1, 0.15) is 2.85 Å². The molecule has 86 valence electrons. The summed E-state index contributed by atoms with van der Waals surface area (Å²) >= 11 is 6.24. The van der Waals surface area contributed by atoms with Gasteiger partial charge in [0.15, 0.2) is 0 Å². The first kappa shape index (κ1) is 14.8. The second-order valence-corrected chi connectivity index (χ2v) is 9.09. The van der Waals surface area contributed by atoms with Gasteiger partial charge >= 0.3 is 23.1 Å². The molecule has 2 aromatic carbocycles. The van der Waals surface area contributed by atoms with Crippen molar-refractivity contribution in [1.29, 1.82) is 0 Å². The molecule has 0 amide bonds. The predicted molar refractivity (Wildman–Crippen MR) is 82.5 cm³/mol. The van der Waals surface area contributed by atoms with Crippen molar-refractivity contribution in [1.82, 2.24) is 0 Å². The Balaban J connectivity index is 0. The molecule has 0 heterocycles. The van der Waals surface area contributed by atoms with Crippen LogP contribution in [0.25, 0.3) is 0 Å². The Hall–Kier alpha value is -0.287. The van der Waals surface area contributed by atoms with Gasteiger partial charge in [-0.1, -0.05) is 77.6 Å². The summed E-state index contributed by atoms with van der Waals surface area (Å²) in [6, 6.07) is 21.3. The van der Waals surface area contributed by atoms with Gasteiger partial charge in [0.25, 0.3) is 0 Å². The van der Waals surface area contributed by atoms with Crippen LogP contribution in [0.5, 0.6) is 0 Å². The molecule has 0 bridgehead atoms. The fourth-order valence-corrected chi connectivity index (χ4v) is 5.36. The summed E-state index contributed by atoms with van der Waals surface area (Å²) in [7, 11) is -1.71. The van der Waals surface area contributed by atoms with Gasteiger partial charge in [-0.2, -0.15) is 0 Å². The summed E-state index contributed by atoms with van der Waals surface area (Å²) < 4.78 is 0. The summed E-state index contributed by atoms with van der Waals surface area (Å²) in [5.41, 5.74) is 0.723. The molecule has 0 spiro atoms. The van der Waals surface area contributed by atoms with Crippen LogP contribution < -0.4 is 10.4 Å². The minimum Gasteiger partial charge on any atom is -1.00 e. The Morgan fingerprint density at radius 3 is 1.53 bits per heavy atom.